The molecule has 2 N–H and O–H groups in total. The molecule has 0 aliphatic carbocycles. The molecule has 0 aliphatic heterocycles. The van der Waals surface area contributed by atoms with Crippen LogP contribution in [0.15, 0.2) is 40.9 Å². The first kappa shape index (κ1) is 15.2. The molecular weight excluding hydrogens is 341 g/mol. The Morgan fingerprint density at radius 2 is 1.86 bits per heavy atom. The Morgan fingerprint density at radius 1 is 1.14 bits per heavy atom. The number of aryl methyl sites for hydroxylation is 1. The Kier molecular flexibility index (Phi) is 4.37. The summed E-state index contributed by atoms with van der Waals surface area (Å²) in [5.41, 5.74) is 1.08. The number of halogens is 2. The summed E-state index contributed by atoms with van der Waals surface area (Å²) in [7, 11) is 0. The lowest BCUT2D eigenvalue weighted by Gasteiger charge is -2.08. The van der Waals surface area contributed by atoms with Crippen molar-refractivity contribution < 1.29 is 19.1 Å². The molecule has 4 nitrogen and oxygen atoms in total. The van der Waals surface area contributed by atoms with Crippen molar-refractivity contribution in [1.29, 1.82) is 0 Å². The highest BCUT2D eigenvalue weighted by Gasteiger charge is 2.14. The maximum atomic E-state index is 13.6. The molecule has 108 valence electrons. The van der Waals surface area contributed by atoms with Crippen LogP contribution < -0.4 is 5.32 Å². The van der Waals surface area contributed by atoms with Crippen molar-refractivity contribution in [1.82, 2.24) is 0 Å². The van der Waals surface area contributed by atoms with Gasteiger partial charge in [-0.05, 0) is 53.2 Å². The van der Waals surface area contributed by atoms with Crippen molar-refractivity contribution >= 4 is 33.5 Å². The molecule has 21 heavy (non-hydrogen) atoms. The minimum absolute atomic E-state index is 0.191. The minimum atomic E-state index is -1.35. The first-order chi connectivity index (χ1) is 9.88. The molecule has 0 heterocycles. The van der Waals surface area contributed by atoms with Crippen LogP contribution in [0, 0.1) is 12.7 Å². The van der Waals surface area contributed by atoms with Crippen molar-refractivity contribution in [3.63, 3.8) is 0 Å². The van der Waals surface area contributed by atoms with Crippen molar-refractivity contribution in [2.75, 3.05) is 5.32 Å². The molecule has 2 aromatic carbocycles. The number of carboxylic acids is 1. The van der Waals surface area contributed by atoms with Gasteiger partial charge in [-0.15, -0.1) is 0 Å². The van der Waals surface area contributed by atoms with E-state index in [0.717, 1.165) is 17.7 Å². The summed E-state index contributed by atoms with van der Waals surface area (Å²) in [6.07, 6.45) is 0. The van der Waals surface area contributed by atoms with E-state index >= 15 is 0 Å². The summed E-state index contributed by atoms with van der Waals surface area (Å²) in [4.78, 5) is 22.9. The number of benzene rings is 2. The average Bonchev–Trinajstić information content (AvgIpc) is 2.41. The number of amides is 1. The molecule has 0 aliphatic rings. The minimum Gasteiger partial charge on any atom is -0.478 e. The number of hydrogen-bond acceptors (Lipinski definition) is 2. The molecule has 0 bridgehead atoms. The molecule has 2 aromatic rings. The van der Waals surface area contributed by atoms with Crippen LogP contribution in [0.4, 0.5) is 10.1 Å². The van der Waals surface area contributed by atoms with Gasteiger partial charge in [0.15, 0.2) is 0 Å². The van der Waals surface area contributed by atoms with E-state index in [1.165, 1.54) is 6.07 Å². The average molecular weight is 352 g/mol. The van der Waals surface area contributed by atoms with Crippen LogP contribution in [0.2, 0.25) is 0 Å². The first-order valence-electron chi connectivity index (χ1n) is 5.99. The molecule has 0 spiro atoms. The van der Waals surface area contributed by atoms with Crippen molar-refractivity contribution in [2.45, 2.75) is 6.92 Å². The molecule has 1 amide bonds. The number of carboxylic acid groups (broad SMARTS) is 1. The Morgan fingerprint density at radius 3 is 2.48 bits per heavy atom. The van der Waals surface area contributed by atoms with E-state index in [4.69, 9.17) is 5.11 Å². The summed E-state index contributed by atoms with van der Waals surface area (Å²) in [5.74, 6) is -2.66. The van der Waals surface area contributed by atoms with Gasteiger partial charge in [-0.25, -0.2) is 9.18 Å². The fourth-order valence-electron chi connectivity index (χ4n) is 1.78. The maximum Gasteiger partial charge on any atom is 0.338 e. The lowest BCUT2D eigenvalue weighted by Crippen LogP contribution is -2.13. The van der Waals surface area contributed by atoms with Crippen molar-refractivity contribution in [3.8, 4) is 0 Å². The molecule has 6 heteroatoms. The summed E-state index contributed by atoms with van der Waals surface area (Å²) in [6.45, 7) is 1.85. The van der Waals surface area contributed by atoms with Gasteiger partial charge in [0.2, 0.25) is 0 Å². The standard InChI is InChI=1S/C15H11BrFNO3/c1-8-2-5-12(16)11(6-8)14(19)18-9-3-4-10(15(20)21)13(17)7-9/h2-7H,1H3,(H,18,19)(H,20,21). The monoisotopic (exact) mass is 351 g/mol. The van der Waals surface area contributed by atoms with E-state index in [1.807, 2.05) is 13.0 Å². The summed E-state index contributed by atoms with van der Waals surface area (Å²) in [5, 5.41) is 11.3. The van der Waals surface area contributed by atoms with E-state index in [-0.39, 0.29) is 5.69 Å². The highest BCUT2D eigenvalue weighted by Crippen LogP contribution is 2.21. The van der Waals surface area contributed by atoms with E-state index in [9.17, 15) is 14.0 Å². The van der Waals surface area contributed by atoms with Gasteiger partial charge in [0.25, 0.3) is 5.91 Å². The number of hydrogen-bond donors (Lipinski definition) is 2. The van der Waals surface area contributed by atoms with Crippen LogP contribution in [0.5, 0.6) is 0 Å². The Balaban J connectivity index is 2.26. The van der Waals surface area contributed by atoms with Gasteiger partial charge in [-0.3, -0.25) is 4.79 Å². The second-order valence-electron chi connectivity index (χ2n) is 4.44. The van der Waals surface area contributed by atoms with Crippen LogP contribution in [0.1, 0.15) is 26.3 Å². The summed E-state index contributed by atoms with van der Waals surface area (Å²) >= 11 is 3.28. The second kappa shape index (κ2) is 6.05. The molecule has 0 atom stereocenters. The van der Waals surface area contributed by atoms with Crippen LogP contribution in [-0.4, -0.2) is 17.0 Å². The molecular formula is C15H11BrFNO3. The third-order valence-corrected chi connectivity index (χ3v) is 3.52. The van der Waals surface area contributed by atoms with Gasteiger partial charge in [-0.2, -0.15) is 0 Å². The molecule has 0 radical (unpaired) electrons. The fourth-order valence-corrected chi connectivity index (χ4v) is 2.20. The largest absolute Gasteiger partial charge is 0.478 e. The molecule has 0 saturated carbocycles. The lowest BCUT2D eigenvalue weighted by atomic mass is 10.1. The van der Waals surface area contributed by atoms with Crippen LogP contribution in [0.3, 0.4) is 0 Å². The highest BCUT2D eigenvalue weighted by atomic mass is 79.9. The van der Waals surface area contributed by atoms with Gasteiger partial charge < -0.3 is 10.4 Å². The van der Waals surface area contributed by atoms with Gasteiger partial charge >= 0.3 is 5.97 Å². The van der Waals surface area contributed by atoms with E-state index in [2.05, 4.69) is 21.2 Å². The van der Waals surface area contributed by atoms with Crippen molar-refractivity contribution in [3.05, 3.63) is 63.4 Å². The lowest BCUT2D eigenvalue weighted by molar-refractivity contribution is 0.0692. The first-order valence-corrected chi connectivity index (χ1v) is 6.78. The topological polar surface area (TPSA) is 66.4 Å². The number of carbonyl (C=O) groups is 2. The Hall–Kier alpha value is -2.21. The Labute approximate surface area is 128 Å². The van der Waals surface area contributed by atoms with Gasteiger partial charge in [0.05, 0.1) is 11.1 Å². The third kappa shape index (κ3) is 3.46. The fraction of sp³-hybridized carbons (Fsp3) is 0.0667. The second-order valence-corrected chi connectivity index (χ2v) is 5.29. The van der Waals surface area contributed by atoms with Crippen LogP contribution >= 0.6 is 15.9 Å². The number of rotatable bonds is 3. The van der Waals surface area contributed by atoms with Gasteiger partial charge in [-0.1, -0.05) is 11.6 Å². The smallest absolute Gasteiger partial charge is 0.338 e. The van der Waals surface area contributed by atoms with Crippen LogP contribution in [-0.2, 0) is 0 Å². The van der Waals surface area contributed by atoms with E-state index in [0.29, 0.717) is 10.0 Å². The van der Waals surface area contributed by atoms with Gasteiger partial charge in [0, 0.05) is 10.2 Å². The van der Waals surface area contributed by atoms with Crippen molar-refractivity contribution in [2.24, 2.45) is 0 Å². The number of carbonyl (C=O) groups excluding carboxylic acids is 1. The highest BCUT2D eigenvalue weighted by molar-refractivity contribution is 9.10. The SMILES string of the molecule is Cc1ccc(Br)c(C(=O)Nc2ccc(C(=O)O)c(F)c2)c1. The zero-order chi connectivity index (χ0) is 15.6. The molecule has 0 aromatic heterocycles. The van der Waals surface area contributed by atoms with Crippen LogP contribution in [0.25, 0.3) is 0 Å². The molecule has 0 unspecified atom stereocenters. The quantitative estimate of drug-likeness (QED) is 0.882. The van der Waals surface area contributed by atoms with Gasteiger partial charge in [0.1, 0.15) is 5.82 Å². The number of nitrogens with one attached hydrogen (secondary N) is 1. The maximum absolute atomic E-state index is 13.6. The molecule has 0 saturated heterocycles. The molecule has 2 rings (SSSR count). The molecule has 0 fully saturated rings. The zero-order valence-electron chi connectivity index (χ0n) is 11.0. The predicted octanol–water partition coefficient (Wildman–Crippen LogP) is 3.85. The normalized spacial score (nSPS) is 10.2. The Bertz CT molecular complexity index is 731. The third-order valence-electron chi connectivity index (χ3n) is 2.82. The number of aromatic carboxylic acids is 1. The van der Waals surface area contributed by atoms with E-state index in [1.54, 1.807) is 12.1 Å². The number of anilines is 1. The summed E-state index contributed by atoms with van der Waals surface area (Å²) in [6, 6.07) is 8.72. The summed E-state index contributed by atoms with van der Waals surface area (Å²) < 4.78 is 14.2. The predicted molar refractivity (Wildman–Crippen MR) is 80.2 cm³/mol. The zero-order valence-corrected chi connectivity index (χ0v) is 12.6. The van der Waals surface area contributed by atoms with E-state index < -0.39 is 23.3 Å².